The summed E-state index contributed by atoms with van der Waals surface area (Å²) in [6, 6.07) is 5.87. The van der Waals surface area contributed by atoms with E-state index in [4.69, 9.17) is 28.2 Å². The van der Waals surface area contributed by atoms with Crippen LogP contribution < -0.4 is 11.1 Å². The minimum atomic E-state index is -5.08. The number of hydrogen-bond acceptors (Lipinski definition) is 4. The highest BCUT2D eigenvalue weighted by atomic mass is 35.5. The van der Waals surface area contributed by atoms with Gasteiger partial charge in [-0.05, 0) is 24.3 Å². The number of carbonyl (C=O) groups is 1. The maximum atomic E-state index is 13.9. The largest absolute Gasteiger partial charge is 0.420 e. The van der Waals surface area contributed by atoms with Gasteiger partial charge < -0.3 is 0 Å². The molecule has 2 aromatic rings. The number of alkyl halides is 3. The van der Waals surface area contributed by atoms with Gasteiger partial charge in [-0.25, -0.2) is 20.2 Å². The number of nitrogens with zero attached hydrogens (tertiary/aromatic N) is 3. The molecule has 5 fully saturated rings. The van der Waals surface area contributed by atoms with E-state index in [0.717, 1.165) is 6.07 Å². The molecule has 7 rings (SSSR count). The van der Waals surface area contributed by atoms with Gasteiger partial charge in [0.25, 0.3) is 11.7 Å². The summed E-state index contributed by atoms with van der Waals surface area (Å²) in [6.07, 6.45) is -2.69. The molecule has 7 nitrogen and oxygen atoms in total. The summed E-state index contributed by atoms with van der Waals surface area (Å²) in [5.41, 5.74) is 3.33. The Morgan fingerprint density at radius 3 is 2.70 bits per heavy atom. The number of piperidine rings is 2. The van der Waals surface area contributed by atoms with Gasteiger partial charge in [0.2, 0.25) is 5.66 Å². The van der Waals surface area contributed by atoms with E-state index in [9.17, 15) is 22.4 Å². The Labute approximate surface area is 190 Å². The number of amides is 1. The van der Waals surface area contributed by atoms with Crippen LogP contribution in [-0.2, 0) is 6.18 Å². The molecular weight excluding hydrogens is 464 g/mol. The van der Waals surface area contributed by atoms with Crippen LogP contribution in [0.15, 0.2) is 36.5 Å². The number of aromatic nitrogens is 1. The normalized spacial score (nSPS) is 30.2. The summed E-state index contributed by atoms with van der Waals surface area (Å²) in [5, 5.41) is 14.3. The zero-order valence-electron chi connectivity index (χ0n) is 17.0. The van der Waals surface area contributed by atoms with Crippen LogP contribution in [0, 0.1) is 11.2 Å². The summed E-state index contributed by atoms with van der Waals surface area (Å²) in [4.78, 5) is 19.0. The van der Waals surface area contributed by atoms with E-state index < -0.39 is 45.8 Å². The van der Waals surface area contributed by atoms with Gasteiger partial charge in [-0.3, -0.25) is 15.4 Å². The number of nitrogens with two attached hydrogens (primary N) is 2. The maximum Gasteiger partial charge on any atom is 0.420 e. The second kappa shape index (κ2) is 6.81. The molecule has 0 spiro atoms. The Morgan fingerprint density at radius 2 is 2.06 bits per heavy atom. The molecule has 1 aromatic carbocycles. The molecule has 4 bridgehead atoms. The monoisotopic (exact) mass is 482 g/mol. The third-order valence-electron chi connectivity index (χ3n) is 7.07. The van der Waals surface area contributed by atoms with Crippen LogP contribution in [0.4, 0.5) is 17.6 Å². The maximum absolute atomic E-state index is 13.9. The van der Waals surface area contributed by atoms with Gasteiger partial charge in [-0.1, -0.05) is 17.7 Å². The molecule has 172 valence electrons. The molecule has 4 atom stereocenters. The first kappa shape index (κ1) is 21.9. The van der Waals surface area contributed by atoms with E-state index in [1.54, 1.807) is 24.4 Å². The number of carbonyl (C=O) groups excluding carboxylic acids is 1. The molecule has 5 saturated heterocycles. The fourth-order valence-corrected chi connectivity index (χ4v) is 5.90. The van der Waals surface area contributed by atoms with E-state index >= 15 is 0 Å². The van der Waals surface area contributed by atoms with Crippen molar-refractivity contribution in [1.82, 2.24) is 9.88 Å². The van der Waals surface area contributed by atoms with Gasteiger partial charge in [-0.15, -0.1) is 0 Å². The zero-order valence-corrected chi connectivity index (χ0v) is 17.8. The van der Waals surface area contributed by atoms with Crippen LogP contribution in [-0.4, -0.2) is 56.2 Å². The Hall–Kier alpha value is -2.89. The molecule has 12 heteroatoms. The molecular formula is C21H19ClF4N6O+2. The number of amidine groups is 2. The second-order valence-corrected chi connectivity index (χ2v) is 8.93. The van der Waals surface area contributed by atoms with Gasteiger partial charge >= 0.3 is 12.0 Å². The summed E-state index contributed by atoms with van der Waals surface area (Å²) in [6.45, 7) is 0.238. The molecule has 0 aliphatic carbocycles. The van der Waals surface area contributed by atoms with Crippen molar-refractivity contribution in [2.75, 3.05) is 6.54 Å². The molecule has 0 saturated carbocycles. The van der Waals surface area contributed by atoms with Crippen molar-refractivity contribution < 1.29 is 32.2 Å². The number of piperazine rings is 2. The minimum Gasteiger partial charge on any atom is -0.294 e. The van der Waals surface area contributed by atoms with Gasteiger partial charge in [0, 0.05) is 19.0 Å². The molecule has 0 radical (unpaired) electrons. The smallest absolute Gasteiger partial charge is 0.294 e. The van der Waals surface area contributed by atoms with Crippen molar-refractivity contribution in [1.29, 1.82) is 5.41 Å². The topological polar surface area (TPSA) is 109 Å². The van der Waals surface area contributed by atoms with Gasteiger partial charge in [0.15, 0.2) is 0 Å². The fraction of sp³-hybridized carbons (Fsp3) is 0.333. The number of halogens is 5. The second-order valence-electron chi connectivity index (χ2n) is 8.55. The zero-order chi connectivity index (χ0) is 23.9. The lowest BCUT2D eigenvalue weighted by Gasteiger charge is -2.68. The molecule has 5 aliphatic rings. The van der Waals surface area contributed by atoms with E-state index in [1.165, 1.54) is 4.90 Å². The molecule has 5 N–H and O–H groups in total. The lowest BCUT2D eigenvalue weighted by molar-refractivity contribution is -0.865. The number of nitrogens with one attached hydrogen (secondary N) is 1. The predicted molar refractivity (Wildman–Crippen MR) is 109 cm³/mol. The highest BCUT2D eigenvalue weighted by Gasteiger charge is 2.80. The van der Waals surface area contributed by atoms with Crippen LogP contribution in [0.25, 0.3) is 0 Å². The molecule has 1 aromatic heterocycles. The number of quaternary nitrogens is 1. The summed E-state index contributed by atoms with van der Waals surface area (Å²) in [5.74, 6) is -2.12. The van der Waals surface area contributed by atoms with E-state index in [2.05, 4.69) is 4.98 Å². The highest BCUT2D eigenvalue weighted by Crippen LogP contribution is 2.52. The van der Waals surface area contributed by atoms with Crippen LogP contribution in [0.3, 0.4) is 0 Å². The lowest BCUT2D eigenvalue weighted by atomic mass is 9.69. The summed E-state index contributed by atoms with van der Waals surface area (Å²) in [7, 11) is 0. The van der Waals surface area contributed by atoms with Crippen molar-refractivity contribution >= 4 is 29.2 Å². The average Bonchev–Trinajstić information content (AvgIpc) is 2.73. The number of rotatable bonds is 2. The van der Waals surface area contributed by atoms with Crippen LogP contribution in [0.1, 0.15) is 34.5 Å². The molecule has 6 heterocycles. The van der Waals surface area contributed by atoms with Crippen molar-refractivity contribution in [3.63, 3.8) is 0 Å². The first-order chi connectivity index (χ1) is 15.4. The first-order valence-corrected chi connectivity index (χ1v) is 10.5. The Kier molecular flexibility index (Phi) is 4.53. The number of fused-ring (bicyclic) bond motifs is 1. The van der Waals surface area contributed by atoms with Crippen LogP contribution >= 0.6 is 11.6 Å². The Bertz CT molecular complexity index is 1220. The summed E-state index contributed by atoms with van der Waals surface area (Å²) < 4.78 is 53.9. The molecule has 2 unspecified atom stereocenters. The summed E-state index contributed by atoms with van der Waals surface area (Å²) >= 11 is 5.88. The van der Waals surface area contributed by atoms with Crippen molar-refractivity contribution in [3.05, 3.63) is 64.2 Å². The van der Waals surface area contributed by atoms with Gasteiger partial charge in [0.1, 0.15) is 35.7 Å². The third-order valence-corrected chi connectivity index (χ3v) is 7.46. The van der Waals surface area contributed by atoms with Crippen LogP contribution in [0.2, 0.25) is 5.02 Å². The van der Waals surface area contributed by atoms with E-state index in [0.29, 0.717) is 18.2 Å². The first-order valence-electron chi connectivity index (χ1n) is 10.1. The molecule has 33 heavy (non-hydrogen) atoms. The molecule has 5 aliphatic heterocycles. The van der Waals surface area contributed by atoms with Gasteiger partial charge in [-0.2, -0.15) is 17.7 Å². The Balaban J connectivity index is 1.55. The predicted octanol–water partition coefficient (Wildman–Crippen LogP) is 1.55. The van der Waals surface area contributed by atoms with E-state index in [-0.39, 0.29) is 35.2 Å². The lowest BCUT2D eigenvalue weighted by Crippen LogP contribution is -3.00. The minimum absolute atomic E-state index is 0.0348. The van der Waals surface area contributed by atoms with E-state index in [1.807, 2.05) is 0 Å². The average molecular weight is 483 g/mol. The quantitative estimate of drug-likeness (QED) is 0.261. The number of benzene rings is 1. The van der Waals surface area contributed by atoms with Crippen LogP contribution in [0.5, 0.6) is 0 Å². The number of pyridine rings is 1. The fourth-order valence-electron chi connectivity index (χ4n) is 5.56. The third kappa shape index (κ3) is 2.69. The standard InChI is InChI=1S/C21H18ClF4N6O/c22-16-10(4-5-11(23)15(16)21(24,25)26)18(33)31-13-9-32(17(27)12-3-1-2-8-30-12)14(13)6-7-20(31,29)19(32)28/h1-5,8,13-14,27-28H,6-7,9,29H2/q+1/p+1/t13-,14?,20-,32?/m1/s1. The van der Waals surface area contributed by atoms with Gasteiger partial charge in [0.05, 0.1) is 10.6 Å². The van der Waals surface area contributed by atoms with Crippen molar-refractivity contribution in [2.24, 2.45) is 5.73 Å². The SMILES string of the molecule is N=C(c1ccccn1)[N+]12C[C@@H]3C1CC[C@](N)(C2=[NH2+])N3C(=O)c1ccc(F)c(C(F)(F)F)c1Cl. The molecule has 1 amide bonds. The highest BCUT2D eigenvalue weighted by molar-refractivity contribution is 6.34. The van der Waals surface area contributed by atoms with Crippen molar-refractivity contribution in [3.8, 4) is 0 Å². The Morgan fingerprint density at radius 1 is 1.33 bits per heavy atom. The number of hydrogen-bond donors (Lipinski definition) is 3. The van der Waals surface area contributed by atoms with Crippen molar-refractivity contribution in [2.45, 2.75) is 36.8 Å².